The molecule has 1 aliphatic carbocycles. The summed E-state index contributed by atoms with van der Waals surface area (Å²) in [6.07, 6.45) is 5.78. The van der Waals surface area contributed by atoms with Crippen molar-refractivity contribution in [1.82, 2.24) is 10.5 Å². The summed E-state index contributed by atoms with van der Waals surface area (Å²) in [5.41, 5.74) is 5.43. The molecule has 0 radical (unpaired) electrons. The first-order valence-corrected chi connectivity index (χ1v) is 15.6. The Morgan fingerprint density at radius 1 is 1.00 bits per heavy atom. The van der Waals surface area contributed by atoms with E-state index in [2.05, 4.69) is 56.8 Å². The maximum Gasteiger partial charge on any atom is 0.261 e. The number of nitrogens with one attached hydrogen (secondary N) is 2. The van der Waals surface area contributed by atoms with E-state index in [1.165, 1.54) is 11.3 Å². The Labute approximate surface area is 254 Å². The number of Topliss-reactive ketones (excluding diaryl/α,β-unsaturated/α-hetero) is 1. The molecule has 1 saturated heterocycles. The third kappa shape index (κ3) is 7.27. The van der Waals surface area contributed by atoms with Crippen molar-refractivity contribution in [2.24, 2.45) is 5.92 Å². The Balaban J connectivity index is 1.30. The van der Waals surface area contributed by atoms with Crippen LogP contribution in [0.4, 0.5) is 17.1 Å². The summed E-state index contributed by atoms with van der Waals surface area (Å²) in [6.45, 7) is 9.61. The monoisotopic (exact) mass is 585 g/mol. The highest BCUT2D eigenvalue weighted by Gasteiger charge is 2.25. The van der Waals surface area contributed by atoms with Gasteiger partial charge in [-0.3, -0.25) is 14.4 Å². The van der Waals surface area contributed by atoms with Crippen molar-refractivity contribution < 1.29 is 18.9 Å². The minimum Gasteiger partial charge on any atom is -0.368 e. The maximum absolute atomic E-state index is 13.5. The molecule has 3 aromatic rings. The van der Waals surface area contributed by atoms with Gasteiger partial charge in [-0.05, 0) is 75.3 Å². The van der Waals surface area contributed by atoms with Gasteiger partial charge in [0.1, 0.15) is 17.1 Å². The second-order valence-electron chi connectivity index (χ2n) is 11.8. The van der Waals surface area contributed by atoms with E-state index in [0.29, 0.717) is 65.8 Å². The molecule has 1 aromatic heterocycles. The number of aromatic nitrogens is 1. The summed E-state index contributed by atoms with van der Waals surface area (Å²) in [7, 11) is 0. The maximum atomic E-state index is 13.5. The zero-order chi connectivity index (χ0) is 30.3. The van der Waals surface area contributed by atoms with Crippen molar-refractivity contribution in [2.75, 3.05) is 47.8 Å². The Hall–Kier alpha value is -4.14. The Morgan fingerprint density at radius 3 is 2.47 bits per heavy atom. The third-order valence-electron chi connectivity index (χ3n) is 8.72. The number of aryl methyl sites for hydroxylation is 3. The number of ketones is 1. The van der Waals surface area contributed by atoms with Gasteiger partial charge in [-0.2, -0.15) is 0 Å². The highest BCUT2D eigenvalue weighted by molar-refractivity contribution is 6.08. The van der Waals surface area contributed by atoms with E-state index in [1.54, 1.807) is 13.0 Å². The topological polar surface area (TPSA) is 108 Å². The lowest BCUT2D eigenvalue weighted by atomic mass is 9.85. The molecular weight excluding hydrogens is 542 g/mol. The summed E-state index contributed by atoms with van der Waals surface area (Å²) < 4.78 is 5.37. The van der Waals surface area contributed by atoms with Crippen LogP contribution in [0.3, 0.4) is 0 Å². The summed E-state index contributed by atoms with van der Waals surface area (Å²) in [6, 6.07) is 13.9. The largest absolute Gasteiger partial charge is 0.368 e. The van der Waals surface area contributed by atoms with E-state index in [0.717, 1.165) is 57.5 Å². The van der Waals surface area contributed by atoms with Crippen LogP contribution < -0.4 is 20.4 Å². The highest BCUT2D eigenvalue weighted by Crippen LogP contribution is 2.31. The normalized spacial score (nSPS) is 17.2. The predicted molar refractivity (Wildman–Crippen MR) is 169 cm³/mol. The Kier molecular flexibility index (Phi) is 9.79. The second-order valence-corrected chi connectivity index (χ2v) is 11.8. The van der Waals surface area contributed by atoms with E-state index in [9.17, 15) is 14.4 Å². The average molecular weight is 586 g/mol. The number of carbonyl (C=O) groups excluding carboxylic acids is 3. The molecule has 228 valence electrons. The van der Waals surface area contributed by atoms with Crippen LogP contribution in [0, 0.1) is 19.8 Å². The molecule has 2 aromatic carbocycles. The molecule has 2 heterocycles. The van der Waals surface area contributed by atoms with Crippen LogP contribution in [0.5, 0.6) is 0 Å². The smallest absolute Gasteiger partial charge is 0.261 e. The van der Waals surface area contributed by atoms with Gasteiger partial charge in [0.15, 0.2) is 0 Å². The molecule has 0 bridgehead atoms. The lowest BCUT2D eigenvalue weighted by Crippen LogP contribution is -2.47. The molecule has 1 unspecified atom stereocenters. The summed E-state index contributed by atoms with van der Waals surface area (Å²) in [5.74, 6) is 0.854. The molecule has 5 rings (SSSR count). The number of hydrogen-bond donors (Lipinski definition) is 2. The number of rotatable bonds is 10. The number of benzene rings is 2. The molecule has 2 amide bonds. The van der Waals surface area contributed by atoms with E-state index < -0.39 is 0 Å². The standard InChI is InChI=1S/C34H43N5O4/c1-4-31-32(24(3)37-43-31)34(42)36-28-22-26(33(41)35-16-8-11-25-10-7-12-27(40)21-25)14-15-30(28)39-19-17-38(18-20-39)29-13-6-5-9-23(29)2/h5-6,9,13-15,22,25H,4,7-8,10-12,16-21H2,1-3H3,(H,35,41)(H,36,42). The minimum absolute atomic E-state index is 0.179. The first-order chi connectivity index (χ1) is 20.8. The number of para-hydroxylation sites is 1. The van der Waals surface area contributed by atoms with E-state index >= 15 is 0 Å². The number of hydrogen-bond acceptors (Lipinski definition) is 7. The predicted octanol–water partition coefficient (Wildman–Crippen LogP) is 5.70. The zero-order valence-electron chi connectivity index (χ0n) is 25.6. The molecule has 2 N–H and O–H groups in total. The Morgan fingerprint density at radius 2 is 1.74 bits per heavy atom. The summed E-state index contributed by atoms with van der Waals surface area (Å²) >= 11 is 0. The van der Waals surface area contributed by atoms with Crippen LogP contribution in [-0.4, -0.2) is 55.5 Å². The SMILES string of the molecule is CCc1onc(C)c1C(=O)Nc1cc(C(=O)NCCCC2CCCC(=O)C2)ccc1N1CCN(c2ccccc2C)CC1. The van der Waals surface area contributed by atoms with E-state index in [4.69, 9.17) is 4.52 Å². The summed E-state index contributed by atoms with van der Waals surface area (Å²) in [5, 5.41) is 10.1. The van der Waals surface area contributed by atoms with Crippen molar-refractivity contribution in [1.29, 1.82) is 0 Å². The van der Waals surface area contributed by atoms with Gasteiger partial charge in [-0.25, -0.2) is 0 Å². The number of nitrogens with zero attached hydrogens (tertiary/aromatic N) is 3. The van der Waals surface area contributed by atoms with Crippen molar-refractivity contribution in [3.8, 4) is 0 Å². The lowest BCUT2D eigenvalue weighted by Gasteiger charge is -2.38. The average Bonchev–Trinajstić information content (AvgIpc) is 3.40. The van der Waals surface area contributed by atoms with Gasteiger partial charge in [0.05, 0.1) is 17.1 Å². The van der Waals surface area contributed by atoms with Gasteiger partial charge >= 0.3 is 0 Å². The number of piperazine rings is 1. The van der Waals surface area contributed by atoms with Crippen LogP contribution in [0.25, 0.3) is 0 Å². The van der Waals surface area contributed by atoms with Crippen LogP contribution in [0.15, 0.2) is 47.0 Å². The second kappa shape index (κ2) is 13.9. The molecule has 1 aliphatic heterocycles. The van der Waals surface area contributed by atoms with Crippen LogP contribution in [0.2, 0.25) is 0 Å². The van der Waals surface area contributed by atoms with Crippen molar-refractivity contribution in [3.05, 3.63) is 70.6 Å². The fraction of sp³-hybridized carbons (Fsp3) is 0.471. The van der Waals surface area contributed by atoms with Crippen LogP contribution in [-0.2, 0) is 11.2 Å². The van der Waals surface area contributed by atoms with Crippen LogP contribution >= 0.6 is 0 Å². The molecule has 2 aliphatic rings. The molecule has 9 heteroatoms. The van der Waals surface area contributed by atoms with Gasteiger partial charge < -0.3 is 25.0 Å². The molecular formula is C34H43N5O4. The zero-order valence-corrected chi connectivity index (χ0v) is 25.6. The number of carbonyl (C=O) groups is 3. The molecule has 1 atom stereocenters. The van der Waals surface area contributed by atoms with Gasteiger partial charge in [0, 0.05) is 63.2 Å². The highest BCUT2D eigenvalue weighted by atomic mass is 16.5. The molecule has 1 saturated carbocycles. The van der Waals surface area contributed by atoms with Gasteiger partial charge in [-0.1, -0.05) is 30.3 Å². The fourth-order valence-electron chi connectivity index (χ4n) is 6.35. The number of anilines is 3. The van der Waals surface area contributed by atoms with Crippen molar-refractivity contribution >= 4 is 34.7 Å². The molecule has 9 nitrogen and oxygen atoms in total. The fourth-order valence-corrected chi connectivity index (χ4v) is 6.35. The molecule has 43 heavy (non-hydrogen) atoms. The van der Waals surface area contributed by atoms with Crippen molar-refractivity contribution in [2.45, 2.75) is 65.7 Å². The van der Waals surface area contributed by atoms with E-state index in [1.807, 2.05) is 19.1 Å². The molecule has 2 fully saturated rings. The molecule has 0 spiro atoms. The first kappa shape index (κ1) is 30.3. The van der Waals surface area contributed by atoms with Gasteiger partial charge in [-0.15, -0.1) is 0 Å². The quantitative estimate of drug-likeness (QED) is 0.294. The van der Waals surface area contributed by atoms with Crippen LogP contribution in [0.1, 0.15) is 83.2 Å². The number of amides is 2. The van der Waals surface area contributed by atoms with Gasteiger partial charge in [0.25, 0.3) is 11.8 Å². The Bertz CT molecular complexity index is 1460. The minimum atomic E-state index is -0.296. The lowest BCUT2D eigenvalue weighted by molar-refractivity contribution is -0.121. The van der Waals surface area contributed by atoms with Gasteiger partial charge in [0.2, 0.25) is 0 Å². The van der Waals surface area contributed by atoms with Crippen molar-refractivity contribution in [3.63, 3.8) is 0 Å². The van der Waals surface area contributed by atoms with E-state index in [-0.39, 0.29) is 11.8 Å². The third-order valence-corrected chi connectivity index (χ3v) is 8.72. The summed E-state index contributed by atoms with van der Waals surface area (Å²) in [4.78, 5) is 43.1. The first-order valence-electron chi connectivity index (χ1n) is 15.6.